The number of nitrogens with one attached hydrogen (secondary N) is 1. The van der Waals surface area contributed by atoms with Crippen molar-refractivity contribution in [1.82, 2.24) is 9.97 Å². The first kappa shape index (κ1) is 12.4. The van der Waals surface area contributed by atoms with Gasteiger partial charge in [0.25, 0.3) is 0 Å². The van der Waals surface area contributed by atoms with Gasteiger partial charge in [-0.3, -0.25) is 0 Å². The molecule has 0 saturated heterocycles. The summed E-state index contributed by atoms with van der Waals surface area (Å²) >= 11 is 3.57. The number of likely N-dealkylation sites (N-methyl/N-ethyl adjacent to an activating group) is 1. The first-order valence-electron chi connectivity index (χ1n) is 5.89. The Morgan fingerprint density at radius 2 is 2.18 bits per heavy atom. The Morgan fingerprint density at radius 1 is 1.41 bits per heavy atom. The standard InChI is InChI=1S/C12H17BrN4/c1-4-14-12-15-8(3)10-6-9(13)7-17(5-2)11(10)16-12/h6H,4-5,7H2,1-3H3,(H,14,15,16). The van der Waals surface area contributed by atoms with Crippen LogP contribution in [0.1, 0.15) is 25.1 Å². The van der Waals surface area contributed by atoms with E-state index < -0.39 is 0 Å². The second-order valence-corrected chi connectivity index (χ2v) is 5.02. The van der Waals surface area contributed by atoms with Crippen LogP contribution >= 0.6 is 15.9 Å². The summed E-state index contributed by atoms with van der Waals surface area (Å²) < 4.78 is 1.18. The molecule has 0 fully saturated rings. The van der Waals surface area contributed by atoms with E-state index >= 15 is 0 Å². The quantitative estimate of drug-likeness (QED) is 0.931. The van der Waals surface area contributed by atoms with E-state index in [1.54, 1.807) is 0 Å². The van der Waals surface area contributed by atoms with E-state index in [1.807, 2.05) is 13.8 Å². The van der Waals surface area contributed by atoms with Crippen molar-refractivity contribution < 1.29 is 0 Å². The molecule has 1 aromatic rings. The number of fused-ring (bicyclic) bond motifs is 1. The van der Waals surface area contributed by atoms with Crippen LogP contribution in [0.5, 0.6) is 0 Å². The molecule has 0 radical (unpaired) electrons. The largest absolute Gasteiger partial charge is 0.354 e. The summed E-state index contributed by atoms with van der Waals surface area (Å²) in [6.07, 6.45) is 2.12. The van der Waals surface area contributed by atoms with Crippen molar-refractivity contribution in [2.24, 2.45) is 0 Å². The van der Waals surface area contributed by atoms with Crippen molar-refractivity contribution in [2.75, 3.05) is 29.9 Å². The van der Waals surface area contributed by atoms with E-state index in [4.69, 9.17) is 0 Å². The molecule has 5 heteroatoms. The lowest BCUT2D eigenvalue weighted by Crippen LogP contribution is -2.29. The summed E-state index contributed by atoms with van der Waals surface area (Å²) in [4.78, 5) is 11.3. The molecule has 2 heterocycles. The Labute approximate surface area is 110 Å². The third-order valence-electron chi connectivity index (χ3n) is 2.78. The Hall–Kier alpha value is -1.10. The van der Waals surface area contributed by atoms with E-state index in [1.165, 1.54) is 4.48 Å². The smallest absolute Gasteiger partial charge is 0.224 e. The number of aryl methyl sites for hydroxylation is 1. The highest BCUT2D eigenvalue weighted by atomic mass is 79.9. The van der Waals surface area contributed by atoms with Gasteiger partial charge in [0.15, 0.2) is 0 Å². The lowest BCUT2D eigenvalue weighted by atomic mass is 10.1. The van der Waals surface area contributed by atoms with Crippen LogP contribution in [0.15, 0.2) is 4.48 Å². The second kappa shape index (κ2) is 5.04. The Morgan fingerprint density at radius 3 is 2.82 bits per heavy atom. The summed E-state index contributed by atoms with van der Waals surface area (Å²) in [6, 6.07) is 0. The maximum Gasteiger partial charge on any atom is 0.224 e. The molecule has 0 aliphatic carbocycles. The fraction of sp³-hybridized carbons (Fsp3) is 0.500. The molecule has 0 spiro atoms. The maximum atomic E-state index is 4.59. The third-order valence-corrected chi connectivity index (χ3v) is 3.25. The molecular weight excluding hydrogens is 280 g/mol. The van der Waals surface area contributed by atoms with E-state index in [9.17, 15) is 0 Å². The van der Waals surface area contributed by atoms with Crippen molar-refractivity contribution in [2.45, 2.75) is 20.8 Å². The lowest BCUT2D eigenvalue weighted by molar-refractivity contribution is 0.857. The summed E-state index contributed by atoms with van der Waals surface area (Å²) in [6.45, 7) is 8.87. The molecule has 1 N–H and O–H groups in total. The van der Waals surface area contributed by atoms with Gasteiger partial charge in [-0.2, -0.15) is 4.98 Å². The Bertz CT molecular complexity index is 456. The lowest BCUT2D eigenvalue weighted by Gasteiger charge is -2.28. The van der Waals surface area contributed by atoms with Crippen LogP contribution in [-0.4, -0.2) is 29.6 Å². The van der Waals surface area contributed by atoms with Gasteiger partial charge < -0.3 is 10.2 Å². The minimum Gasteiger partial charge on any atom is -0.354 e. The molecule has 0 amide bonds. The summed E-state index contributed by atoms with van der Waals surface area (Å²) in [7, 11) is 0. The normalized spacial score (nSPS) is 14.4. The first-order valence-corrected chi connectivity index (χ1v) is 6.68. The number of hydrogen-bond donors (Lipinski definition) is 1. The zero-order valence-electron chi connectivity index (χ0n) is 10.4. The van der Waals surface area contributed by atoms with E-state index in [0.29, 0.717) is 5.95 Å². The van der Waals surface area contributed by atoms with Crippen LogP contribution in [0.2, 0.25) is 0 Å². The predicted octanol–water partition coefficient (Wildman–Crippen LogP) is 2.79. The van der Waals surface area contributed by atoms with Crippen LogP contribution in [0.3, 0.4) is 0 Å². The fourth-order valence-electron chi connectivity index (χ4n) is 1.93. The number of anilines is 2. The fourth-order valence-corrected chi connectivity index (χ4v) is 2.47. The molecule has 0 aromatic carbocycles. The van der Waals surface area contributed by atoms with Gasteiger partial charge >= 0.3 is 0 Å². The van der Waals surface area contributed by atoms with Gasteiger partial charge in [-0.1, -0.05) is 15.9 Å². The molecule has 0 bridgehead atoms. The van der Waals surface area contributed by atoms with Crippen molar-refractivity contribution in [3.8, 4) is 0 Å². The van der Waals surface area contributed by atoms with Crippen molar-refractivity contribution in [3.05, 3.63) is 15.7 Å². The topological polar surface area (TPSA) is 41.1 Å². The summed E-state index contributed by atoms with van der Waals surface area (Å²) in [5.74, 6) is 1.74. The molecule has 92 valence electrons. The highest BCUT2D eigenvalue weighted by molar-refractivity contribution is 9.11. The SMILES string of the molecule is CCNc1nc(C)c2c(n1)N(CC)CC(Br)=C2. The number of nitrogens with zero attached hydrogens (tertiary/aromatic N) is 3. The molecule has 0 atom stereocenters. The van der Waals surface area contributed by atoms with Crippen LogP contribution in [0, 0.1) is 6.92 Å². The second-order valence-electron chi connectivity index (χ2n) is 4.01. The summed E-state index contributed by atoms with van der Waals surface area (Å²) in [5, 5.41) is 3.17. The first-order chi connectivity index (χ1) is 8.15. The van der Waals surface area contributed by atoms with E-state index in [-0.39, 0.29) is 0 Å². The highest BCUT2D eigenvalue weighted by Crippen LogP contribution is 2.31. The minimum absolute atomic E-state index is 0.716. The molecule has 2 rings (SSSR count). The number of rotatable bonds is 3. The predicted molar refractivity (Wildman–Crippen MR) is 75.7 cm³/mol. The molecule has 0 saturated carbocycles. The van der Waals surface area contributed by atoms with Gasteiger partial charge in [-0.05, 0) is 26.8 Å². The van der Waals surface area contributed by atoms with Crippen molar-refractivity contribution >= 4 is 33.8 Å². The van der Waals surface area contributed by atoms with Crippen LogP contribution < -0.4 is 10.2 Å². The minimum atomic E-state index is 0.716. The van der Waals surface area contributed by atoms with Gasteiger partial charge in [0.1, 0.15) is 5.82 Å². The maximum absolute atomic E-state index is 4.59. The van der Waals surface area contributed by atoms with Gasteiger partial charge in [0, 0.05) is 23.1 Å². The van der Waals surface area contributed by atoms with Crippen LogP contribution in [-0.2, 0) is 0 Å². The number of hydrogen-bond acceptors (Lipinski definition) is 4. The highest BCUT2D eigenvalue weighted by Gasteiger charge is 2.20. The molecular formula is C12H17BrN4. The van der Waals surface area contributed by atoms with Crippen LogP contribution in [0.4, 0.5) is 11.8 Å². The number of aromatic nitrogens is 2. The molecule has 0 unspecified atom stereocenters. The summed E-state index contributed by atoms with van der Waals surface area (Å²) in [5.41, 5.74) is 2.13. The van der Waals surface area contributed by atoms with Crippen LogP contribution in [0.25, 0.3) is 6.08 Å². The molecule has 17 heavy (non-hydrogen) atoms. The monoisotopic (exact) mass is 296 g/mol. The average molecular weight is 297 g/mol. The number of halogens is 1. The van der Waals surface area contributed by atoms with E-state index in [0.717, 1.165) is 36.7 Å². The zero-order chi connectivity index (χ0) is 12.4. The molecule has 1 aliphatic heterocycles. The van der Waals surface area contributed by atoms with Gasteiger partial charge in [0.2, 0.25) is 5.95 Å². The van der Waals surface area contributed by atoms with Crippen molar-refractivity contribution in [1.29, 1.82) is 0 Å². The van der Waals surface area contributed by atoms with Gasteiger partial charge in [-0.15, -0.1) is 0 Å². The van der Waals surface area contributed by atoms with E-state index in [2.05, 4.69) is 49.1 Å². The Balaban J connectivity index is 2.50. The third kappa shape index (κ3) is 2.44. The molecule has 1 aliphatic rings. The zero-order valence-corrected chi connectivity index (χ0v) is 12.0. The average Bonchev–Trinajstić information content (AvgIpc) is 2.30. The van der Waals surface area contributed by atoms with Gasteiger partial charge in [0.05, 0.1) is 12.2 Å². The van der Waals surface area contributed by atoms with Crippen molar-refractivity contribution in [3.63, 3.8) is 0 Å². The Kier molecular flexibility index (Phi) is 3.66. The molecule has 1 aromatic heterocycles. The molecule has 4 nitrogen and oxygen atoms in total. The van der Waals surface area contributed by atoms with Gasteiger partial charge in [-0.25, -0.2) is 4.98 Å².